The van der Waals surface area contributed by atoms with E-state index in [1.54, 1.807) is 0 Å². The minimum atomic E-state index is 0.203. The summed E-state index contributed by atoms with van der Waals surface area (Å²) in [7, 11) is 1.88. The highest BCUT2D eigenvalue weighted by Gasteiger charge is 2.25. The van der Waals surface area contributed by atoms with E-state index >= 15 is 0 Å². The first-order chi connectivity index (χ1) is 16.7. The molecule has 0 aromatic carbocycles. The van der Waals surface area contributed by atoms with Gasteiger partial charge in [-0.1, -0.05) is 6.07 Å². The summed E-state index contributed by atoms with van der Waals surface area (Å²) >= 11 is 0. The third kappa shape index (κ3) is 6.18. The molecule has 4 rings (SSSR count). The standard InChI is InChI=1S/C24H32N8O2/c1-3-31(16-20-7-12-33-20)23(26-2)17-30-8-10-32(11-9-30)22-5-4-6-24(29-22)34-18-21-27-14-19(13-25)15-28-21/h4-6,14-15,20H,3,7-12,16-18H2,1-2H3/b26-23-/t20-/m0/s1. The van der Waals surface area contributed by atoms with Crippen molar-refractivity contribution < 1.29 is 9.47 Å². The normalized spacial score (nSPS) is 18.8. The molecule has 2 aromatic heterocycles. The fourth-order valence-corrected chi connectivity index (χ4v) is 4.02. The summed E-state index contributed by atoms with van der Waals surface area (Å²) < 4.78 is 11.4. The molecule has 0 saturated carbocycles. The molecule has 2 aliphatic rings. The molecule has 4 heterocycles. The molecule has 0 N–H and O–H groups in total. The van der Waals surface area contributed by atoms with Crippen LogP contribution in [0, 0.1) is 11.3 Å². The molecule has 1 atom stereocenters. The molecule has 180 valence electrons. The van der Waals surface area contributed by atoms with E-state index in [4.69, 9.17) is 14.7 Å². The number of likely N-dealkylation sites (N-methyl/N-ethyl adjacent to an activating group) is 1. The first-order valence-electron chi connectivity index (χ1n) is 11.8. The van der Waals surface area contributed by atoms with Gasteiger partial charge in [-0.05, 0) is 19.4 Å². The van der Waals surface area contributed by atoms with Crippen molar-refractivity contribution >= 4 is 11.7 Å². The van der Waals surface area contributed by atoms with Crippen molar-refractivity contribution in [1.82, 2.24) is 24.8 Å². The van der Waals surface area contributed by atoms with E-state index in [9.17, 15) is 0 Å². The van der Waals surface area contributed by atoms with E-state index in [0.717, 1.165) is 70.5 Å². The summed E-state index contributed by atoms with van der Waals surface area (Å²) in [5.41, 5.74) is 0.426. The fourth-order valence-electron chi connectivity index (χ4n) is 4.02. The number of hydrogen-bond donors (Lipinski definition) is 0. The highest BCUT2D eigenvalue weighted by molar-refractivity contribution is 5.84. The van der Waals surface area contributed by atoms with Crippen LogP contribution >= 0.6 is 0 Å². The van der Waals surface area contributed by atoms with Crippen LogP contribution in [0.2, 0.25) is 0 Å². The molecule has 10 heteroatoms. The summed E-state index contributed by atoms with van der Waals surface area (Å²) in [5.74, 6) is 3.08. The maximum atomic E-state index is 8.85. The highest BCUT2D eigenvalue weighted by Crippen LogP contribution is 2.19. The van der Waals surface area contributed by atoms with Gasteiger partial charge < -0.3 is 19.3 Å². The zero-order valence-corrected chi connectivity index (χ0v) is 19.9. The fraction of sp³-hybridized carbons (Fsp3) is 0.542. The number of amidine groups is 1. The lowest BCUT2D eigenvalue weighted by molar-refractivity contribution is -0.0588. The SMILES string of the molecule is CCN(C[C@@H]1CCO1)/C(CN1CCN(c2cccc(OCc3ncc(C#N)cn3)n2)CC1)=N\C. The average Bonchev–Trinajstić information content (AvgIpc) is 2.87. The second-order valence-electron chi connectivity index (χ2n) is 8.35. The zero-order valence-electron chi connectivity index (χ0n) is 19.9. The Balaban J connectivity index is 1.27. The van der Waals surface area contributed by atoms with Crippen LogP contribution in [0.3, 0.4) is 0 Å². The van der Waals surface area contributed by atoms with Crippen LogP contribution in [-0.4, -0.2) is 96.2 Å². The molecule has 2 saturated heterocycles. The monoisotopic (exact) mass is 464 g/mol. The van der Waals surface area contributed by atoms with Crippen LogP contribution in [-0.2, 0) is 11.3 Å². The Kier molecular flexibility index (Phi) is 8.22. The molecule has 0 bridgehead atoms. The third-order valence-corrected chi connectivity index (χ3v) is 6.18. The Labute approximate surface area is 200 Å². The van der Waals surface area contributed by atoms with Crippen molar-refractivity contribution in [2.45, 2.75) is 26.1 Å². The summed E-state index contributed by atoms with van der Waals surface area (Å²) in [6.45, 7) is 9.66. The minimum Gasteiger partial charge on any atom is -0.469 e. The van der Waals surface area contributed by atoms with E-state index < -0.39 is 0 Å². The van der Waals surface area contributed by atoms with Crippen LogP contribution in [0.25, 0.3) is 0 Å². The van der Waals surface area contributed by atoms with Gasteiger partial charge in [-0.2, -0.15) is 10.2 Å². The van der Waals surface area contributed by atoms with Gasteiger partial charge in [-0.25, -0.2) is 9.97 Å². The van der Waals surface area contributed by atoms with E-state index in [0.29, 0.717) is 23.4 Å². The van der Waals surface area contributed by atoms with Gasteiger partial charge in [0.15, 0.2) is 5.82 Å². The van der Waals surface area contributed by atoms with Crippen molar-refractivity contribution in [1.29, 1.82) is 5.26 Å². The number of aromatic nitrogens is 3. The maximum Gasteiger partial charge on any atom is 0.215 e. The molecular formula is C24H32N8O2. The van der Waals surface area contributed by atoms with Gasteiger partial charge in [-0.3, -0.25) is 9.89 Å². The van der Waals surface area contributed by atoms with Gasteiger partial charge in [0.05, 0.1) is 18.2 Å². The number of nitriles is 1. The summed E-state index contributed by atoms with van der Waals surface area (Å²) in [6.07, 6.45) is 4.47. The van der Waals surface area contributed by atoms with E-state index in [-0.39, 0.29) is 6.61 Å². The van der Waals surface area contributed by atoms with Crippen LogP contribution in [0.15, 0.2) is 35.6 Å². The van der Waals surface area contributed by atoms with E-state index in [1.807, 2.05) is 31.3 Å². The van der Waals surface area contributed by atoms with Gasteiger partial charge in [0.25, 0.3) is 0 Å². The van der Waals surface area contributed by atoms with Gasteiger partial charge in [-0.15, -0.1) is 0 Å². The Bertz CT molecular complexity index is 995. The van der Waals surface area contributed by atoms with Crippen LogP contribution in [0.4, 0.5) is 5.82 Å². The van der Waals surface area contributed by atoms with Crippen molar-refractivity contribution in [2.24, 2.45) is 4.99 Å². The Morgan fingerprint density at radius 1 is 1.26 bits per heavy atom. The first-order valence-corrected chi connectivity index (χ1v) is 11.8. The molecule has 2 aromatic rings. The van der Waals surface area contributed by atoms with Crippen molar-refractivity contribution in [3.63, 3.8) is 0 Å². The lowest BCUT2D eigenvalue weighted by atomic mass is 10.1. The number of rotatable bonds is 9. The summed E-state index contributed by atoms with van der Waals surface area (Å²) in [4.78, 5) is 24.6. The smallest absolute Gasteiger partial charge is 0.215 e. The molecule has 0 radical (unpaired) electrons. The van der Waals surface area contributed by atoms with Gasteiger partial charge in [0, 0.05) is 71.4 Å². The summed E-state index contributed by atoms with van der Waals surface area (Å²) in [5, 5.41) is 8.85. The van der Waals surface area contributed by atoms with Gasteiger partial charge >= 0.3 is 0 Å². The maximum absolute atomic E-state index is 8.85. The molecule has 34 heavy (non-hydrogen) atoms. The Morgan fingerprint density at radius 3 is 2.65 bits per heavy atom. The second-order valence-corrected chi connectivity index (χ2v) is 8.35. The first kappa shape index (κ1) is 23.9. The van der Waals surface area contributed by atoms with Gasteiger partial charge in [0.1, 0.15) is 24.3 Å². The highest BCUT2D eigenvalue weighted by atomic mass is 16.5. The average molecular weight is 465 g/mol. The molecule has 0 unspecified atom stereocenters. The number of piperazine rings is 1. The van der Waals surface area contributed by atoms with Crippen molar-refractivity contribution in [3.8, 4) is 11.9 Å². The Morgan fingerprint density at radius 2 is 2.03 bits per heavy atom. The van der Waals surface area contributed by atoms with E-state index in [2.05, 4.69) is 41.6 Å². The molecule has 2 aliphatic heterocycles. The third-order valence-electron chi connectivity index (χ3n) is 6.18. The second kappa shape index (κ2) is 11.7. The molecule has 0 amide bonds. The topological polar surface area (TPSA) is 103 Å². The van der Waals surface area contributed by atoms with E-state index in [1.165, 1.54) is 12.4 Å². The van der Waals surface area contributed by atoms with Crippen LogP contribution in [0.1, 0.15) is 24.7 Å². The number of pyridine rings is 1. The number of nitrogens with zero attached hydrogens (tertiary/aromatic N) is 8. The predicted molar refractivity (Wildman–Crippen MR) is 129 cm³/mol. The number of anilines is 1. The van der Waals surface area contributed by atoms with Gasteiger partial charge in [0.2, 0.25) is 5.88 Å². The lowest BCUT2D eigenvalue weighted by Gasteiger charge is -2.38. The number of hydrogen-bond acceptors (Lipinski definition) is 9. The van der Waals surface area contributed by atoms with Crippen molar-refractivity contribution in [3.05, 3.63) is 42.0 Å². The molecular weight excluding hydrogens is 432 g/mol. The molecule has 0 spiro atoms. The largest absolute Gasteiger partial charge is 0.469 e. The predicted octanol–water partition coefficient (Wildman–Crippen LogP) is 1.58. The molecule has 2 fully saturated rings. The quantitative estimate of drug-likeness (QED) is 0.404. The van der Waals surface area contributed by atoms with Crippen molar-refractivity contribution in [2.75, 3.05) is 64.4 Å². The zero-order chi connectivity index (χ0) is 23.8. The molecule has 0 aliphatic carbocycles. The van der Waals surface area contributed by atoms with Crippen LogP contribution in [0.5, 0.6) is 5.88 Å². The number of aliphatic imine (C=N–C) groups is 1. The number of ether oxygens (including phenoxy) is 2. The van der Waals surface area contributed by atoms with Crippen LogP contribution < -0.4 is 9.64 Å². The molecule has 10 nitrogen and oxygen atoms in total. The summed E-state index contributed by atoms with van der Waals surface area (Å²) in [6, 6.07) is 7.80. The Hall–Kier alpha value is -3.29. The lowest BCUT2D eigenvalue weighted by Crippen LogP contribution is -2.51. The minimum absolute atomic E-state index is 0.203.